The van der Waals surface area contributed by atoms with E-state index in [1.807, 2.05) is 0 Å². The Kier molecular flexibility index (Phi) is 6.13. The van der Waals surface area contributed by atoms with Gasteiger partial charge in [0.15, 0.2) is 0 Å². The number of ether oxygens (including phenoxy) is 1. The molecule has 0 spiro atoms. The van der Waals surface area contributed by atoms with E-state index >= 15 is 0 Å². The molecule has 0 saturated carbocycles. The molecule has 24 heavy (non-hydrogen) atoms. The zero-order valence-corrected chi connectivity index (χ0v) is 13.2. The monoisotopic (exact) mass is 367 g/mol. The third kappa shape index (κ3) is 4.89. The summed E-state index contributed by atoms with van der Waals surface area (Å²) < 4.78 is 37.5. The van der Waals surface area contributed by atoms with Crippen LogP contribution in [0.3, 0.4) is 0 Å². The minimum Gasteiger partial charge on any atom is -0.475 e. The van der Waals surface area contributed by atoms with Crippen LogP contribution in [0, 0.1) is 0 Å². The van der Waals surface area contributed by atoms with Gasteiger partial charge in [-0.1, -0.05) is 0 Å². The molecule has 11 heteroatoms. The molecule has 0 unspecified atom stereocenters. The SMILES string of the molecule is O=C(N[C@@H]1CN[C@@H]2CCCO[C@@H]21)c1cscn1.O=C(O)C(F)(F)F. The normalized spacial score (nSPS) is 26.0. The topological polar surface area (TPSA) is 101 Å². The first-order chi connectivity index (χ1) is 11.3. The maximum Gasteiger partial charge on any atom is 0.490 e. The van der Waals surface area contributed by atoms with Crippen LogP contribution in [-0.4, -0.2) is 59.5 Å². The highest BCUT2D eigenvalue weighted by Crippen LogP contribution is 2.21. The number of carbonyl (C=O) groups excluding carboxylic acids is 1. The van der Waals surface area contributed by atoms with Crippen LogP contribution in [-0.2, 0) is 9.53 Å². The minimum atomic E-state index is -5.08. The molecule has 0 bridgehead atoms. The van der Waals surface area contributed by atoms with Crippen LogP contribution in [0.25, 0.3) is 0 Å². The molecule has 2 aliphatic rings. The van der Waals surface area contributed by atoms with Crippen molar-refractivity contribution in [1.82, 2.24) is 15.6 Å². The Labute approximate surface area is 139 Å². The fraction of sp³-hybridized carbons (Fsp3) is 0.615. The lowest BCUT2D eigenvalue weighted by Gasteiger charge is -2.28. The van der Waals surface area contributed by atoms with Crippen molar-refractivity contribution in [2.24, 2.45) is 0 Å². The van der Waals surface area contributed by atoms with E-state index in [4.69, 9.17) is 14.6 Å². The molecule has 1 aromatic heterocycles. The third-order valence-corrected chi connectivity index (χ3v) is 4.17. The Bertz CT molecular complexity index is 567. The average Bonchev–Trinajstić information content (AvgIpc) is 3.17. The molecular formula is C13H16F3N3O4S. The van der Waals surface area contributed by atoms with Crippen LogP contribution in [0.2, 0.25) is 0 Å². The van der Waals surface area contributed by atoms with Gasteiger partial charge in [-0.2, -0.15) is 13.2 Å². The number of thiazole rings is 1. The lowest BCUT2D eigenvalue weighted by Crippen LogP contribution is -2.47. The summed E-state index contributed by atoms with van der Waals surface area (Å²) in [6, 6.07) is 0.457. The van der Waals surface area contributed by atoms with Crippen molar-refractivity contribution in [3.63, 3.8) is 0 Å². The molecule has 2 aliphatic heterocycles. The summed E-state index contributed by atoms with van der Waals surface area (Å²) in [5.74, 6) is -2.86. The van der Waals surface area contributed by atoms with Crippen LogP contribution < -0.4 is 10.6 Å². The second-order valence-corrected chi connectivity index (χ2v) is 5.97. The van der Waals surface area contributed by atoms with Gasteiger partial charge >= 0.3 is 12.1 Å². The number of fused-ring (bicyclic) bond motifs is 1. The third-order valence-electron chi connectivity index (χ3n) is 3.59. The molecule has 134 valence electrons. The van der Waals surface area contributed by atoms with Crippen molar-refractivity contribution in [2.75, 3.05) is 13.2 Å². The highest BCUT2D eigenvalue weighted by molar-refractivity contribution is 7.07. The number of carboxylic acids is 1. The first-order valence-electron chi connectivity index (χ1n) is 7.13. The molecule has 3 N–H and O–H groups in total. The fourth-order valence-corrected chi connectivity index (χ4v) is 3.04. The van der Waals surface area contributed by atoms with Gasteiger partial charge in [-0.3, -0.25) is 4.79 Å². The maximum atomic E-state index is 11.9. The molecule has 0 aliphatic carbocycles. The first-order valence-corrected chi connectivity index (χ1v) is 8.07. The Morgan fingerprint density at radius 2 is 2.17 bits per heavy atom. The van der Waals surface area contributed by atoms with Gasteiger partial charge in [-0.15, -0.1) is 11.3 Å². The number of hydrogen-bond donors (Lipinski definition) is 3. The summed E-state index contributed by atoms with van der Waals surface area (Å²) in [6.07, 6.45) is -2.74. The zero-order chi connectivity index (χ0) is 17.7. The van der Waals surface area contributed by atoms with Crippen molar-refractivity contribution in [3.05, 3.63) is 16.6 Å². The van der Waals surface area contributed by atoms with Crippen molar-refractivity contribution < 1.29 is 32.6 Å². The van der Waals surface area contributed by atoms with Gasteiger partial charge in [0.25, 0.3) is 5.91 Å². The van der Waals surface area contributed by atoms with E-state index in [9.17, 15) is 18.0 Å². The van der Waals surface area contributed by atoms with Crippen molar-refractivity contribution in [1.29, 1.82) is 0 Å². The van der Waals surface area contributed by atoms with Crippen molar-refractivity contribution in [2.45, 2.75) is 37.2 Å². The predicted octanol–water partition coefficient (Wildman–Crippen LogP) is 1.03. The van der Waals surface area contributed by atoms with Crippen molar-refractivity contribution in [3.8, 4) is 0 Å². The highest BCUT2D eigenvalue weighted by atomic mass is 32.1. The molecule has 0 aromatic carbocycles. The van der Waals surface area contributed by atoms with E-state index in [1.54, 1.807) is 10.9 Å². The van der Waals surface area contributed by atoms with E-state index in [-0.39, 0.29) is 18.1 Å². The standard InChI is InChI=1S/C11H15N3O2S.C2HF3O2/c15-11(9-5-17-6-13-9)14-8-4-12-7-2-1-3-16-10(7)8;3-2(4,5)1(6)7/h5-8,10,12H,1-4H2,(H,14,15);(H,6,7)/t7-,8-,10+;/m1./s1. The first kappa shape index (κ1) is 18.6. The molecule has 2 fully saturated rings. The molecule has 7 nitrogen and oxygen atoms in total. The average molecular weight is 367 g/mol. The van der Waals surface area contributed by atoms with Gasteiger partial charge < -0.3 is 20.5 Å². The molecule has 3 heterocycles. The number of amides is 1. The Hall–Kier alpha value is -1.72. The number of carbonyl (C=O) groups is 2. The van der Waals surface area contributed by atoms with Gasteiger partial charge in [-0.25, -0.2) is 9.78 Å². The number of hydrogen-bond acceptors (Lipinski definition) is 6. The van der Waals surface area contributed by atoms with Gasteiger partial charge in [0.1, 0.15) is 5.69 Å². The molecule has 0 radical (unpaired) electrons. The minimum absolute atomic E-state index is 0.0644. The van der Waals surface area contributed by atoms with Gasteiger partial charge in [0.2, 0.25) is 0 Å². The molecule has 2 saturated heterocycles. The summed E-state index contributed by atoms with van der Waals surface area (Å²) in [5.41, 5.74) is 2.16. The van der Waals surface area contributed by atoms with E-state index in [0.29, 0.717) is 11.7 Å². The van der Waals surface area contributed by atoms with Gasteiger partial charge in [0.05, 0.1) is 17.7 Å². The van der Waals surface area contributed by atoms with E-state index in [2.05, 4.69) is 15.6 Å². The number of alkyl halides is 3. The number of halogens is 3. The number of nitrogens with zero attached hydrogens (tertiary/aromatic N) is 1. The number of nitrogens with one attached hydrogen (secondary N) is 2. The number of aromatic nitrogens is 1. The van der Waals surface area contributed by atoms with Crippen molar-refractivity contribution >= 4 is 23.2 Å². The summed E-state index contributed by atoms with van der Waals surface area (Å²) in [7, 11) is 0. The largest absolute Gasteiger partial charge is 0.490 e. The van der Waals surface area contributed by atoms with Crippen LogP contribution in [0.15, 0.2) is 10.9 Å². The number of aliphatic carboxylic acids is 1. The summed E-state index contributed by atoms with van der Waals surface area (Å²) in [5, 5.41) is 15.3. The zero-order valence-electron chi connectivity index (χ0n) is 12.4. The highest BCUT2D eigenvalue weighted by Gasteiger charge is 2.39. The quantitative estimate of drug-likeness (QED) is 0.722. The van der Waals surface area contributed by atoms with E-state index < -0.39 is 12.1 Å². The maximum absolute atomic E-state index is 11.9. The predicted molar refractivity (Wildman–Crippen MR) is 77.8 cm³/mol. The second-order valence-electron chi connectivity index (χ2n) is 5.25. The van der Waals surface area contributed by atoms with Crippen LogP contribution >= 0.6 is 11.3 Å². The smallest absolute Gasteiger partial charge is 0.475 e. The van der Waals surface area contributed by atoms with Crippen LogP contribution in [0.4, 0.5) is 13.2 Å². The lowest BCUT2D eigenvalue weighted by molar-refractivity contribution is -0.192. The van der Waals surface area contributed by atoms with Crippen LogP contribution in [0.5, 0.6) is 0 Å². The lowest BCUT2D eigenvalue weighted by atomic mass is 10.0. The Morgan fingerprint density at radius 3 is 2.75 bits per heavy atom. The van der Waals surface area contributed by atoms with Crippen LogP contribution in [0.1, 0.15) is 23.3 Å². The molecule has 1 aromatic rings. The number of rotatable bonds is 2. The summed E-state index contributed by atoms with van der Waals surface area (Å²) >= 11 is 1.43. The molecule has 3 rings (SSSR count). The Balaban J connectivity index is 0.000000256. The second kappa shape index (κ2) is 7.90. The van der Waals surface area contributed by atoms with E-state index in [1.165, 1.54) is 11.3 Å². The molecular weight excluding hydrogens is 351 g/mol. The van der Waals surface area contributed by atoms with Gasteiger partial charge in [-0.05, 0) is 12.8 Å². The molecule has 3 atom stereocenters. The number of carboxylic acid groups (broad SMARTS) is 1. The summed E-state index contributed by atoms with van der Waals surface area (Å²) in [6.45, 7) is 1.58. The van der Waals surface area contributed by atoms with Gasteiger partial charge in [0, 0.05) is 24.6 Å². The van der Waals surface area contributed by atoms with E-state index in [0.717, 1.165) is 26.0 Å². The molecule has 1 amide bonds. The fourth-order valence-electron chi connectivity index (χ4n) is 2.51. The Morgan fingerprint density at radius 1 is 1.46 bits per heavy atom. The summed E-state index contributed by atoms with van der Waals surface area (Å²) in [4.78, 5) is 24.8.